The minimum Gasteiger partial charge on any atom is -0.349 e. The number of rotatable bonds is 6. The van der Waals surface area contributed by atoms with Crippen LogP contribution in [0.2, 0.25) is 0 Å². The first kappa shape index (κ1) is 22.9. The maximum atomic E-state index is 13.2. The number of carbonyl (C=O) groups excluding carboxylic acids is 1. The van der Waals surface area contributed by atoms with E-state index in [-0.39, 0.29) is 53.2 Å². The molecule has 0 aromatic heterocycles. The van der Waals surface area contributed by atoms with Gasteiger partial charge in [-0.3, -0.25) is 4.79 Å². The average Bonchev–Trinajstić information content (AvgIpc) is 2.78. The molecule has 0 aliphatic carbocycles. The molecule has 3 rings (SSSR count). The zero-order valence-corrected chi connectivity index (χ0v) is 18.4. The summed E-state index contributed by atoms with van der Waals surface area (Å²) in [7, 11) is -3.79. The van der Waals surface area contributed by atoms with Gasteiger partial charge in [-0.1, -0.05) is 38.1 Å². The molecule has 1 aliphatic rings. The molecule has 1 aliphatic heterocycles. The summed E-state index contributed by atoms with van der Waals surface area (Å²) >= 11 is 0. The van der Waals surface area contributed by atoms with Gasteiger partial charge in [0.05, 0.1) is 16.5 Å². The molecule has 1 amide bonds. The number of piperidine rings is 1. The summed E-state index contributed by atoms with van der Waals surface area (Å²) < 4.78 is 40.5. The highest BCUT2D eigenvalue weighted by molar-refractivity contribution is 7.89. The Morgan fingerprint density at radius 3 is 2.32 bits per heavy atom. The van der Waals surface area contributed by atoms with E-state index < -0.39 is 10.0 Å². The van der Waals surface area contributed by atoms with Crippen LogP contribution in [0.5, 0.6) is 0 Å². The van der Waals surface area contributed by atoms with Crippen molar-refractivity contribution in [1.82, 2.24) is 9.62 Å². The summed E-state index contributed by atoms with van der Waals surface area (Å²) in [6.45, 7) is 4.39. The molecule has 1 heterocycles. The van der Waals surface area contributed by atoms with Gasteiger partial charge >= 0.3 is 0 Å². The Balaban J connectivity index is 1.66. The monoisotopic (exact) mass is 443 g/mol. The van der Waals surface area contributed by atoms with E-state index in [1.165, 1.54) is 28.6 Å². The number of benzene rings is 2. The van der Waals surface area contributed by atoms with Crippen molar-refractivity contribution in [3.63, 3.8) is 0 Å². The van der Waals surface area contributed by atoms with Crippen LogP contribution in [0.3, 0.4) is 0 Å². The Bertz CT molecular complexity index is 1070. The van der Waals surface area contributed by atoms with E-state index in [1.54, 1.807) is 24.3 Å². The fraction of sp³-hybridized carbons (Fsp3) is 0.391. The summed E-state index contributed by atoms with van der Waals surface area (Å²) in [6, 6.07) is 13.9. The number of hydrogen-bond donors (Lipinski definition) is 1. The molecule has 1 unspecified atom stereocenters. The first-order valence-corrected chi connectivity index (χ1v) is 11.7. The Hall–Kier alpha value is -2.76. The number of nitrogens with zero attached hydrogens (tertiary/aromatic N) is 2. The number of halogens is 1. The molecule has 0 radical (unpaired) electrons. The Morgan fingerprint density at radius 1 is 1.13 bits per heavy atom. The van der Waals surface area contributed by atoms with Gasteiger partial charge < -0.3 is 5.32 Å². The third kappa shape index (κ3) is 5.12. The predicted octanol–water partition coefficient (Wildman–Crippen LogP) is 3.61. The number of carbonyl (C=O) groups is 1. The molecule has 6 nitrogen and oxygen atoms in total. The van der Waals surface area contributed by atoms with Gasteiger partial charge in [0.1, 0.15) is 11.9 Å². The van der Waals surface area contributed by atoms with Crippen LogP contribution in [-0.2, 0) is 14.8 Å². The van der Waals surface area contributed by atoms with Crippen molar-refractivity contribution in [2.24, 2.45) is 11.8 Å². The molecule has 2 aromatic rings. The number of hydrogen-bond acceptors (Lipinski definition) is 4. The van der Waals surface area contributed by atoms with E-state index in [0.717, 1.165) is 5.56 Å². The lowest BCUT2D eigenvalue weighted by Gasteiger charge is -2.32. The Labute approximate surface area is 182 Å². The zero-order chi connectivity index (χ0) is 22.6. The smallest absolute Gasteiger partial charge is 0.244 e. The summed E-state index contributed by atoms with van der Waals surface area (Å²) in [6.07, 6.45) is 0.794. The second-order valence-electron chi connectivity index (χ2n) is 8.07. The van der Waals surface area contributed by atoms with E-state index in [2.05, 4.69) is 5.32 Å². The van der Waals surface area contributed by atoms with Gasteiger partial charge in [0.2, 0.25) is 15.9 Å². The number of amides is 1. The van der Waals surface area contributed by atoms with Crippen molar-refractivity contribution < 1.29 is 17.6 Å². The topological polar surface area (TPSA) is 90.3 Å². The second kappa shape index (κ2) is 9.58. The van der Waals surface area contributed by atoms with E-state index >= 15 is 0 Å². The number of nitriles is 1. The Morgan fingerprint density at radius 2 is 1.74 bits per heavy atom. The van der Waals surface area contributed by atoms with Crippen molar-refractivity contribution in [2.45, 2.75) is 37.6 Å². The predicted molar refractivity (Wildman–Crippen MR) is 115 cm³/mol. The molecule has 1 fully saturated rings. The highest BCUT2D eigenvalue weighted by Crippen LogP contribution is 2.28. The third-order valence-corrected chi connectivity index (χ3v) is 7.60. The maximum Gasteiger partial charge on any atom is 0.244 e. The van der Waals surface area contributed by atoms with Crippen molar-refractivity contribution in [3.05, 3.63) is 65.5 Å². The number of sulfonamides is 1. The molecule has 0 bridgehead atoms. The van der Waals surface area contributed by atoms with E-state index in [9.17, 15) is 22.9 Å². The quantitative estimate of drug-likeness (QED) is 0.738. The fourth-order valence-corrected chi connectivity index (χ4v) is 5.47. The first-order valence-electron chi connectivity index (χ1n) is 10.3. The van der Waals surface area contributed by atoms with Crippen molar-refractivity contribution >= 4 is 15.9 Å². The van der Waals surface area contributed by atoms with E-state index in [0.29, 0.717) is 12.8 Å². The fourth-order valence-electron chi connectivity index (χ4n) is 3.86. The number of nitrogens with one attached hydrogen (secondary N) is 1. The van der Waals surface area contributed by atoms with Crippen molar-refractivity contribution in [3.8, 4) is 6.07 Å². The second-order valence-corrected chi connectivity index (χ2v) is 9.97. The molecular formula is C23H26FN3O3S. The first-order chi connectivity index (χ1) is 14.7. The third-order valence-electron chi connectivity index (χ3n) is 5.64. The summed E-state index contributed by atoms with van der Waals surface area (Å²) in [4.78, 5) is 12.9. The molecule has 1 saturated heterocycles. The lowest BCUT2D eigenvalue weighted by Crippen LogP contribution is -2.44. The van der Waals surface area contributed by atoms with Gasteiger partial charge in [-0.05, 0) is 48.6 Å². The molecule has 31 heavy (non-hydrogen) atoms. The van der Waals surface area contributed by atoms with Crippen molar-refractivity contribution in [1.29, 1.82) is 5.26 Å². The van der Waals surface area contributed by atoms with Crippen LogP contribution in [0.4, 0.5) is 4.39 Å². The van der Waals surface area contributed by atoms with Crippen molar-refractivity contribution in [2.75, 3.05) is 13.1 Å². The minimum atomic E-state index is -3.79. The van der Waals surface area contributed by atoms with Gasteiger partial charge in [0.25, 0.3) is 0 Å². The Kier molecular flexibility index (Phi) is 7.08. The summed E-state index contributed by atoms with van der Waals surface area (Å²) in [5.74, 6) is -0.654. The van der Waals surface area contributed by atoms with Crippen LogP contribution in [0, 0.1) is 29.0 Å². The van der Waals surface area contributed by atoms with Crippen LogP contribution < -0.4 is 5.32 Å². The van der Waals surface area contributed by atoms with Crippen LogP contribution in [-0.4, -0.2) is 31.7 Å². The average molecular weight is 444 g/mol. The van der Waals surface area contributed by atoms with E-state index in [1.807, 2.05) is 19.9 Å². The van der Waals surface area contributed by atoms with Crippen LogP contribution in [0.25, 0.3) is 0 Å². The SMILES string of the molecule is CC(C)C(NC(=O)C1CCN(S(=O)(=O)c2ccccc2C#N)CC1)c1ccc(F)cc1. The molecular weight excluding hydrogens is 417 g/mol. The highest BCUT2D eigenvalue weighted by Gasteiger charge is 2.34. The zero-order valence-electron chi connectivity index (χ0n) is 17.6. The molecule has 8 heteroatoms. The molecule has 2 aromatic carbocycles. The van der Waals surface area contributed by atoms with Gasteiger partial charge in [-0.15, -0.1) is 0 Å². The van der Waals surface area contributed by atoms with E-state index in [4.69, 9.17) is 0 Å². The lowest BCUT2D eigenvalue weighted by atomic mass is 9.92. The van der Waals surface area contributed by atoms with Gasteiger partial charge in [-0.25, -0.2) is 12.8 Å². The highest BCUT2D eigenvalue weighted by atomic mass is 32.2. The summed E-state index contributed by atoms with van der Waals surface area (Å²) in [5, 5.41) is 12.3. The molecule has 0 spiro atoms. The summed E-state index contributed by atoms with van der Waals surface area (Å²) in [5.41, 5.74) is 0.944. The largest absolute Gasteiger partial charge is 0.349 e. The normalized spacial score (nSPS) is 16.6. The van der Waals surface area contributed by atoms with Gasteiger partial charge in [-0.2, -0.15) is 9.57 Å². The molecule has 1 atom stereocenters. The van der Waals surface area contributed by atoms with Gasteiger partial charge in [0, 0.05) is 19.0 Å². The molecule has 164 valence electrons. The minimum absolute atomic E-state index is 0.00316. The lowest BCUT2D eigenvalue weighted by molar-refractivity contribution is -0.127. The standard InChI is InChI=1S/C23H26FN3O3S/c1-16(2)22(17-7-9-20(24)10-8-17)26-23(28)18-11-13-27(14-12-18)31(29,30)21-6-4-3-5-19(21)15-25/h3-10,16,18,22H,11-14H2,1-2H3,(H,26,28). The van der Waals surface area contributed by atoms with Gasteiger partial charge in [0.15, 0.2) is 0 Å². The maximum absolute atomic E-state index is 13.2. The van der Waals surface area contributed by atoms with Crippen LogP contribution in [0.1, 0.15) is 43.9 Å². The van der Waals surface area contributed by atoms with Crippen LogP contribution >= 0.6 is 0 Å². The van der Waals surface area contributed by atoms with Crippen LogP contribution in [0.15, 0.2) is 53.4 Å². The molecule has 0 saturated carbocycles. The molecule has 1 N–H and O–H groups in total.